The van der Waals surface area contributed by atoms with Crippen LogP contribution in [0.15, 0.2) is 78.0 Å². The Morgan fingerprint density at radius 3 is 2.45 bits per heavy atom. The Balaban J connectivity index is 1.21. The fraction of sp³-hybridized carbons (Fsp3) is 0.250. The van der Waals surface area contributed by atoms with Gasteiger partial charge in [0.2, 0.25) is 11.8 Å². The van der Waals surface area contributed by atoms with Crippen LogP contribution in [0.2, 0.25) is 0 Å². The lowest BCUT2D eigenvalue weighted by Gasteiger charge is -2.20. The number of ether oxygens (including phenoxy) is 1. The molecule has 0 radical (unpaired) electrons. The van der Waals surface area contributed by atoms with Gasteiger partial charge < -0.3 is 15.4 Å². The van der Waals surface area contributed by atoms with Crippen molar-refractivity contribution < 1.29 is 32.3 Å². The van der Waals surface area contributed by atoms with Crippen LogP contribution in [0, 0.1) is 13.8 Å². The summed E-state index contributed by atoms with van der Waals surface area (Å²) in [5, 5.41) is 10.1. The van der Waals surface area contributed by atoms with Crippen LogP contribution >= 0.6 is 11.8 Å². The first-order chi connectivity index (χ1) is 22.3. The Kier molecular flexibility index (Phi) is 9.94. The smallest absolute Gasteiger partial charge is 0.406 e. The van der Waals surface area contributed by atoms with E-state index in [0.717, 1.165) is 16.7 Å². The van der Waals surface area contributed by atoms with Gasteiger partial charge in [-0.05, 0) is 73.7 Å². The molecule has 1 atom stereocenters. The van der Waals surface area contributed by atoms with Gasteiger partial charge in [-0.25, -0.2) is 14.5 Å². The molecule has 0 bridgehead atoms. The number of aromatic nitrogens is 3. The fourth-order valence-electron chi connectivity index (χ4n) is 4.79. The van der Waals surface area contributed by atoms with Gasteiger partial charge in [-0.3, -0.25) is 14.5 Å². The van der Waals surface area contributed by atoms with Crippen molar-refractivity contribution in [3.63, 3.8) is 0 Å². The molecule has 1 aliphatic rings. The number of rotatable bonds is 9. The third-order valence-corrected chi connectivity index (χ3v) is 7.93. The number of carbonyl (C=O) groups excluding carboxylic acids is 3. The molecule has 4 amide bonds. The Morgan fingerprint density at radius 1 is 1.04 bits per heavy atom. The number of aryl methyl sites for hydroxylation is 3. The molecule has 2 N–H and O–H groups in total. The van der Waals surface area contributed by atoms with Gasteiger partial charge >= 0.3 is 12.4 Å². The summed E-state index contributed by atoms with van der Waals surface area (Å²) >= 11 is 1.17. The largest absolute Gasteiger partial charge is 0.573 e. The topological polar surface area (TPSA) is 131 Å². The van der Waals surface area contributed by atoms with Crippen molar-refractivity contribution in [2.45, 2.75) is 46.1 Å². The number of hydrogen-bond donors (Lipinski definition) is 2. The minimum Gasteiger partial charge on any atom is -0.406 e. The third-order valence-electron chi connectivity index (χ3n) is 7.00. The standard InChI is InChI=1S/C32H30F3N7O4S/c1-19-4-5-20(2)26(16-19)42-28(44)17-47-31(42)39-30(45)38-27(37-21(3)43)15-8-22-6-9-23(10-7-22)29-36-18-41(40-29)24-11-13-25(14-12-24)46-32(33,34)35/h4-7,9-14,16,18,27H,8,15,17H2,1-3H3,(H,37,43)(H,38,45). The number of thioether (sulfide) groups is 1. The first-order valence-electron chi connectivity index (χ1n) is 14.4. The fourth-order valence-corrected chi connectivity index (χ4v) is 5.65. The van der Waals surface area contributed by atoms with Crippen molar-refractivity contribution in [1.82, 2.24) is 25.4 Å². The Labute approximate surface area is 272 Å². The van der Waals surface area contributed by atoms with Crippen molar-refractivity contribution in [1.29, 1.82) is 0 Å². The highest BCUT2D eigenvalue weighted by molar-refractivity contribution is 8.15. The number of hydrogen-bond acceptors (Lipinski definition) is 7. The zero-order valence-electron chi connectivity index (χ0n) is 25.5. The molecule has 0 spiro atoms. The molecule has 47 heavy (non-hydrogen) atoms. The molecule has 4 aromatic rings. The van der Waals surface area contributed by atoms with Crippen LogP contribution in [-0.2, 0) is 16.0 Å². The Bertz CT molecular complexity index is 1810. The van der Waals surface area contributed by atoms with E-state index in [-0.39, 0.29) is 28.5 Å². The van der Waals surface area contributed by atoms with Crippen LogP contribution in [0.25, 0.3) is 17.1 Å². The van der Waals surface area contributed by atoms with Crippen LogP contribution in [0.1, 0.15) is 30.0 Å². The van der Waals surface area contributed by atoms with Gasteiger partial charge in [-0.1, -0.05) is 48.2 Å². The van der Waals surface area contributed by atoms with Crippen LogP contribution in [-0.4, -0.2) is 56.1 Å². The quantitative estimate of drug-likeness (QED) is 0.220. The number of nitrogens with one attached hydrogen (secondary N) is 2. The number of carbonyl (C=O) groups is 3. The molecule has 1 aromatic heterocycles. The SMILES string of the molecule is CC(=O)NC(CCc1ccc(-c2ncn(-c3ccc(OC(F)(F)F)cc3)n2)cc1)NC(=O)N=C1SCC(=O)N1c1cc(C)ccc1C. The van der Waals surface area contributed by atoms with E-state index < -0.39 is 18.6 Å². The summed E-state index contributed by atoms with van der Waals surface area (Å²) in [6.45, 7) is 5.15. The summed E-state index contributed by atoms with van der Waals surface area (Å²) in [6.07, 6.45) is -3.18. The molecule has 5 rings (SSSR count). The van der Waals surface area contributed by atoms with Crippen molar-refractivity contribution in [3.8, 4) is 22.8 Å². The number of urea groups is 1. The average Bonchev–Trinajstić information content (AvgIpc) is 3.64. The zero-order chi connectivity index (χ0) is 33.7. The van der Waals surface area contributed by atoms with E-state index in [1.165, 1.54) is 58.9 Å². The summed E-state index contributed by atoms with van der Waals surface area (Å²) in [5.74, 6) is -0.269. The Hall–Kier alpha value is -5.18. The summed E-state index contributed by atoms with van der Waals surface area (Å²) in [7, 11) is 0. The van der Waals surface area contributed by atoms with Gasteiger partial charge in [0, 0.05) is 12.5 Å². The van der Waals surface area contributed by atoms with E-state index >= 15 is 0 Å². The maximum absolute atomic E-state index is 12.9. The second-order valence-corrected chi connectivity index (χ2v) is 11.6. The normalized spacial score (nSPS) is 14.7. The summed E-state index contributed by atoms with van der Waals surface area (Å²) in [4.78, 5) is 47.4. The van der Waals surface area contributed by atoms with Gasteiger partial charge in [0.15, 0.2) is 11.0 Å². The number of alkyl halides is 3. The van der Waals surface area contributed by atoms with Crippen LogP contribution in [0.4, 0.5) is 23.7 Å². The van der Waals surface area contributed by atoms with E-state index in [1.54, 1.807) is 0 Å². The number of nitrogens with zero attached hydrogens (tertiary/aromatic N) is 5. The molecule has 3 aromatic carbocycles. The predicted molar refractivity (Wildman–Crippen MR) is 171 cm³/mol. The molecule has 11 nitrogen and oxygen atoms in total. The molecular weight excluding hydrogens is 635 g/mol. The predicted octanol–water partition coefficient (Wildman–Crippen LogP) is 5.69. The van der Waals surface area contributed by atoms with Gasteiger partial charge in [0.1, 0.15) is 18.2 Å². The van der Waals surface area contributed by atoms with Crippen LogP contribution < -0.4 is 20.3 Å². The van der Waals surface area contributed by atoms with Crippen LogP contribution in [0.5, 0.6) is 5.75 Å². The summed E-state index contributed by atoms with van der Waals surface area (Å²) in [6, 6.07) is 17.7. The highest BCUT2D eigenvalue weighted by atomic mass is 32.2. The van der Waals surface area contributed by atoms with Crippen molar-refractivity contribution >= 4 is 40.5 Å². The highest BCUT2D eigenvalue weighted by Gasteiger charge is 2.32. The monoisotopic (exact) mass is 665 g/mol. The van der Waals surface area contributed by atoms with E-state index in [0.29, 0.717) is 35.6 Å². The molecule has 244 valence electrons. The minimum atomic E-state index is -4.78. The summed E-state index contributed by atoms with van der Waals surface area (Å²) < 4.78 is 42.6. The number of amides is 4. The molecule has 2 heterocycles. The second-order valence-electron chi connectivity index (χ2n) is 10.7. The minimum absolute atomic E-state index is 0.161. The van der Waals surface area contributed by atoms with Crippen LogP contribution in [0.3, 0.4) is 0 Å². The molecule has 1 fully saturated rings. The third kappa shape index (κ3) is 8.76. The number of amidine groups is 1. The van der Waals surface area contributed by atoms with Crippen molar-refractivity contribution in [3.05, 3.63) is 89.7 Å². The number of aliphatic imine (C=N–C) groups is 1. The first-order valence-corrected chi connectivity index (χ1v) is 15.4. The Morgan fingerprint density at radius 2 is 1.77 bits per heavy atom. The second kappa shape index (κ2) is 14.1. The lowest BCUT2D eigenvalue weighted by atomic mass is 10.1. The number of halogens is 3. The lowest BCUT2D eigenvalue weighted by molar-refractivity contribution is -0.274. The maximum atomic E-state index is 12.9. The number of anilines is 1. The average molecular weight is 666 g/mol. The van der Waals surface area contributed by atoms with E-state index in [2.05, 4.69) is 30.4 Å². The molecule has 0 saturated carbocycles. The highest BCUT2D eigenvalue weighted by Crippen LogP contribution is 2.30. The van der Waals surface area contributed by atoms with E-state index in [1.807, 2.05) is 56.3 Å². The lowest BCUT2D eigenvalue weighted by Crippen LogP contribution is -2.47. The van der Waals surface area contributed by atoms with E-state index in [9.17, 15) is 27.6 Å². The van der Waals surface area contributed by atoms with Crippen molar-refractivity contribution in [2.75, 3.05) is 10.7 Å². The first kappa shape index (κ1) is 33.2. The zero-order valence-corrected chi connectivity index (χ0v) is 26.4. The van der Waals surface area contributed by atoms with Gasteiger partial charge in [0.25, 0.3) is 0 Å². The van der Waals surface area contributed by atoms with Gasteiger partial charge in [-0.15, -0.1) is 18.3 Å². The molecular formula is C32H30F3N7O4S. The molecule has 0 aliphatic carbocycles. The van der Waals surface area contributed by atoms with Gasteiger partial charge in [0.05, 0.1) is 17.1 Å². The molecule has 1 saturated heterocycles. The molecule has 1 unspecified atom stereocenters. The number of benzene rings is 3. The van der Waals surface area contributed by atoms with Gasteiger partial charge in [-0.2, -0.15) is 4.99 Å². The maximum Gasteiger partial charge on any atom is 0.573 e. The molecule has 15 heteroatoms. The van der Waals surface area contributed by atoms with Crippen molar-refractivity contribution in [2.24, 2.45) is 4.99 Å². The molecule has 1 aliphatic heterocycles. The summed E-state index contributed by atoms with van der Waals surface area (Å²) in [5.41, 5.74) is 4.65. The van der Waals surface area contributed by atoms with E-state index in [4.69, 9.17) is 0 Å².